The second kappa shape index (κ2) is 38.9. The number of aromatic amines is 1. The van der Waals surface area contributed by atoms with Gasteiger partial charge in [-0.25, -0.2) is 4.79 Å². The number of unbranched alkanes of at least 4 members (excludes halogenated alkanes) is 1. The molecule has 19 N–H and O–H groups in total. The fraction of sp³-hybridized carbons (Fsp3) is 0.439. The van der Waals surface area contributed by atoms with E-state index in [0.29, 0.717) is 34.0 Å². The Kier molecular flexibility index (Phi) is 31.4. The number of aromatic nitrogens is 1. The van der Waals surface area contributed by atoms with E-state index in [1.54, 1.807) is 80.7 Å². The molecule has 30 nitrogen and oxygen atoms in total. The fourth-order valence-corrected chi connectivity index (χ4v) is 10.7. The smallest absolute Gasteiger partial charge is 0.326 e. The van der Waals surface area contributed by atoms with Crippen LogP contribution in [0.3, 0.4) is 0 Å². The zero-order valence-corrected chi connectivity index (χ0v) is 56.6. The van der Waals surface area contributed by atoms with E-state index in [9.17, 15) is 72.9 Å². The first-order valence-electron chi connectivity index (χ1n) is 31.7. The summed E-state index contributed by atoms with van der Waals surface area (Å²) in [6.07, 6.45) is -0.912. The number of hydrogen-bond acceptors (Lipinski definition) is 18. The molecule has 0 fully saturated rings. The molecule has 0 aliphatic rings. The average molecular weight is 1400 g/mol. The highest BCUT2D eigenvalue weighted by Crippen LogP contribution is 2.21. The maximum absolute atomic E-state index is 15.1. The van der Waals surface area contributed by atoms with Crippen LogP contribution in [0.4, 0.5) is 0 Å². The number of H-pyrrole nitrogens is 1. The van der Waals surface area contributed by atoms with Crippen LogP contribution in [0.1, 0.15) is 77.0 Å². The topological polar surface area (TPSA) is 483 Å². The summed E-state index contributed by atoms with van der Waals surface area (Å²) in [6, 6.07) is 12.0. The van der Waals surface area contributed by atoms with Crippen LogP contribution in [0.25, 0.3) is 21.7 Å². The third kappa shape index (κ3) is 24.5. The minimum Gasteiger partial charge on any atom is -0.481 e. The first-order valence-corrected chi connectivity index (χ1v) is 33.0. The number of carboxylic acid groups (broad SMARTS) is 2. The van der Waals surface area contributed by atoms with Crippen LogP contribution in [0.5, 0.6) is 0 Å². The Hall–Kier alpha value is -9.63. The van der Waals surface area contributed by atoms with Crippen LogP contribution < -0.4 is 70.0 Å². The average Bonchev–Trinajstić information content (AvgIpc) is 1.60. The minimum absolute atomic E-state index is 0.0401. The van der Waals surface area contributed by atoms with Gasteiger partial charge in [-0.3, -0.25) is 57.5 Å². The predicted octanol–water partition coefficient (Wildman–Crippen LogP) is -1.74. The molecule has 0 saturated heterocycles. The van der Waals surface area contributed by atoms with Crippen LogP contribution in [0.2, 0.25) is 0 Å². The molecular formula is C66H88N14O16S2. The van der Waals surface area contributed by atoms with Crippen molar-refractivity contribution in [2.45, 2.75) is 152 Å². The molecule has 11 amide bonds. The number of fused-ring (bicyclic) bond motifs is 2. The lowest BCUT2D eigenvalue weighted by molar-refractivity contribution is -0.143. The van der Waals surface area contributed by atoms with Crippen molar-refractivity contribution in [1.82, 2.24) is 63.5 Å². The molecule has 0 radical (unpaired) electrons. The number of carbonyl (C=O) groups excluding carboxylic acids is 11. The molecule has 98 heavy (non-hydrogen) atoms. The van der Waals surface area contributed by atoms with E-state index in [4.69, 9.17) is 11.5 Å². The summed E-state index contributed by atoms with van der Waals surface area (Å²) in [5.41, 5.74) is 13.7. The maximum atomic E-state index is 15.1. The molecule has 5 rings (SSSR count). The third-order valence-electron chi connectivity index (χ3n) is 15.7. The number of aliphatic carboxylic acids is 2. The number of benzene rings is 4. The van der Waals surface area contributed by atoms with Gasteiger partial charge in [0.25, 0.3) is 0 Å². The zero-order valence-electron chi connectivity index (χ0n) is 54.8. The zero-order chi connectivity index (χ0) is 72.3. The monoisotopic (exact) mass is 1400 g/mol. The van der Waals surface area contributed by atoms with Gasteiger partial charge in [0.05, 0.1) is 25.1 Å². The number of amides is 11. The Balaban J connectivity index is 1.42. The molecule has 0 aliphatic carbocycles. The number of aliphatic hydroxyl groups is 1. The van der Waals surface area contributed by atoms with Gasteiger partial charge < -0.3 is 90.3 Å². The van der Waals surface area contributed by atoms with Crippen molar-refractivity contribution >= 4 is 124 Å². The number of thiol groups is 2. The van der Waals surface area contributed by atoms with E-state index in [1.165, 1.54) is 6.92 Å². The molecule has 0 saturated carbocycles. The van der Waals surface area contributed by atoms with Gasteiger partial charge in [0.15, 0.2) is 0 Å². The number of aliphatic hydroxyl groups excluding tert-OH is 1. The first kappa shape index (κ1) is 79.1. The van der Waals surface area contributed by atoms with E-state index < -0.39 is 174 Å². The van der Waals surface area contributed by atoms with E-state index in [1.807, 2.05) is 36.4 Å². The molecule has 4 aromatic carbocycles. The van der Waals surface area contributed by atoms with E-state index in [2.05, 4.69) is 88.7 Å². The molecule has 32 heteroatoms. The lowest BCUT2D eigenvalue weighted by Gasteiger charge is -2.28. The van der Waals surface area contributed by atoms with Crippen LogP contribution in [0.15, 0.2) is 103 Å². The number of hydrogen-bond donors (Lipinski definition) is 19. The summed E-state index contributed by atoms with van der Waals surface area (Å²) in [6.45, 7) is 6.45. The van der Waals surface area contributed by atoms with Crippen LogP contribution >= 0.6 is 25.3 Å². The van der Waals surface area contributed by atoms with E-state index in [-0.39, 0.29) is 44.4 Å². The Morgan fingerprint density at radius 2 is 0.990 bits per heavy atom. The van der Waals surface area contributed by atoms with Crippen molar-refractivity contribution in [3.63, 3.8) is 0 Å². The van der Waals surface area contributed by atoms with Gasteiger partial charge in [-0.1, -0.05) is 105 Å². The number of carboxylic acids is 2. The minimum atomic E-state index is -1.91. The number of nitrogens with one attached hydrogen (secondary N) is 12. The molecule has 0 spiro atoms. The third-order valence-corrected chi connectivity index (χ3v) is 16.4. The molecule has 0 aliphatic heterocycles. The number of nitrogens with two attached hydrogens (primary N) is 2. The van der Waals surface area contributed by atoms with E-state index >= 15 is 4.79 Å². The van der Waals surface area contributed by atoms with Gasteiger partial charge in [0, 0.05) is 47.9 Å². The first-order chi connectivity index (χ1) is 46.5. The standard InChI is InChI=1S/C66H88N14O16S2/c1-34(2)54(66(95)96)80-64(93)51(33-98)78-60(89)47(27-39-22-23-40-17-9-10-18-41(40)25-39)74-58(87)45(21-13-14-24-67)72-61(90)48(28-42-30-69-44-20-12-11-19-43(42)44)76-59(88)46(26-38-15-7-6-8-16-38)75-63(92)50(32-97)77-62(91)49(29-53(83)84)73-57(86)36(4)71-65(94)55(37(5)81)79-52(82)31-70-56(85)35(3)68/h6-12,15-20,22-23,25,30,34-37,45-51,54-55,69,81,97-98H,13-14,21,24,26-29,31-33,67-68H2,1-5H3,(H,70,85)(H,71,94)(H,72,90)(H,73,86)(H,74,87)(H,75,92)(H,76,88)(H,77,91)(H,78,89)(H,79,82)(H,80,93)(H,83,84)(H,95,96)/t35-,36-,37+,45-,46-,47-,48-,49-,50-,51-,54-,55-/m0/s1. The quantitative estimate of drug-likeness (QED) is 0.0153. The van der Waals surface area contributed by atoms with Crippen molar-refractivity contribution in [3.8, 4) is 0 Å². The van der Waals surface area contributed by atoms with Gasteiger partial charge in [-0.05, 0) is 86.0 Å². The molecule has 1 heterocycles. The van der Waals surface area contributed by atoms with Crippen LogP contribution in [0, 0.1) is 5.92 Å². The summed E-state index contributed by atoms with van der Waals surface area (Å²) < 4.78 is 0. The molecule has 1 aromatic heterocycles. The molecule has 0 bridgehead atoms. The number of carbonyl (C=O) groups is 13. The fourth-order valence-electron chi connectivity index (χ4n) is 10.2. The van der Waals surface area contributed by atoms with Crippen molar-refractivity contribution in [1.29, 1.82) is 0 Å². The van der Waals surface area contributed by atoms with Gasteiger partial charge >= 0.3 is 11.9 Å². The lowest BCUT2D eigenvalue weighted by atomic mass is 9.99. The Morgan fingerprint density at radius 3 is 1.55 bits per heavy atom. The van der Waals surface area contributed by atoms with Crippen molar-refractivity contribution in [2.75, 3.05) is 24.6 Å². The summed E-state index contributed by atoms with van der Waals surface area (Å²) in [5.74, 6) is -14.6. The second-order valence-electron chi connectivity index (χ2n) is 23.9. The second-order valence-corrected chi connectivity index (χ2v) is 24.6. The highest BCUT2D eigenvalue weighted by atomic mass is 32.1. The summed E-state index contributed by atoms with van der Waals surface area (Å²) >= 11 is 8.56. The number of rotatable bonds is 39. The molecule has 12 atom stereocenters. The Morgan fingerprint density at radius 1 is 0.490 bits per heavy atom. The maximum Gasteiger partial charge on any atom is 0.326 e. The van der Waals surface area contributed by atoms with Gasteiger partial charge in [-0.15, -0.1) is 0 Å². The van der Waals surface area contributed by atoms with Crippen LogP contribution in [-0.4, -0.2) is 194 Å². The lowest BCUT2D eigenvalue weighted by Crippen LogP contribution is -2.61. The molecule has 0 unspecified atom stereocenters. The Labute approximate surface area is 576 Å². The van der Waals surface area contributed by atoms with Gasteiger partial charge in [-0.2, -0.15) is 25.3 Å². The molecular weight excluding hydrogens is 1310 g/mol. The Bertz CT molecular complexity index is 3630. The molecule has 530 valence electrons. The van der Waals surface area contributed by atoms with Crippen molar-refractivity contribution in [3.05, 3.63) is 120 Å². The van der Waals surface area contributed by atoms with Gasteiger partial charge in [0.2, 0.25) is 65.0 Å². The van der Waals surface area contributed by atoms with Crippen molar-refractivity contribution < 1.29 is 77.6 Å². The number of para-hydroxylation sites is 1. The SMILES string of the molecule is CC(C)[C@H](NC(=O)[C@H](CS)NC(=O)[C@H](Cc1ccc2ccccc2c1)NC(=O)[C@H](CCCCN)NC(=O)[C@H](Cc1c[nH]c2ccccc12)NC(=O)[C@H](Cc1ccccc1)NC(=O)[C@H](CS)NC(=O)[C@H](CC(=O)O)NC(=O)[C@H](C)NC(=O)[C@@H](NC(=O)CNC(=O)[C@H](C)N)[C@@H](C)O)C(=O)O. The van der Waals surface area contributed by atoms with Crippen LogP contribution in [-0.2, 0) is 81.6 Å². The van der Waals surface area contributed by atoms with Crippen molar-refractivity contribution in [2.24, 2.45) is 17.4 Å². The normalized spacial score (nSPS) is 14.9. The summed E-state index contributed by atoms with van der Waals surface area (Å²) in [5, 5.41) is 59.6. The van der Waals surface area contributed by atoms with Gasteiger partial charge in [0.1, 0.15) is 60.4 Å². The highest BCUT2D eigenvalue weighted by molar-refractivity contribution is 7.80. The summed E-state index contributed by atoms with van der Waals surface area (Å²) in [4.78, 5) is 180. The largest absolute Gasteiger partial charge is 0.481 e. The molecule has 5 aromatic rings. The predicted molar refractivity (Wildman–Crippen MR) is 368 cm³/mol. The van der Waals surface area contributed by atoms with E-state index in [0.717, 1.165) is 24.6 Å². The highest BCUT2D eigenvalue weighted by Gasteiger charge is 2.37. The summed E-state index contributed by atoms with van der Waals surface area (Å²) in [7, 11) is 0.